The first-order valence-corrected chi connectivity index (χ1v) is 10.3. The van der Waals surface area contributed by atoms with Crippen molar-refractivity contribution in [3.63, 3.8) is 0 Å². The average molecular weight is 444 g/mol. The Bertz CT molecular complexity index is 677. The van der Waals surface area contributed by atoms with Crippen molar-refractivity contribution in [2.45, 2.75) is 76.7 Å². The molecule has 1 rings (SSSR count). The molecule has 1 saturated heterocycles. The molecule has 8 N–H and O–H groups in total. The zero-order valence-electron chi connectivity index (χ0n) is 18.0. The van der Waals surface area contributed by atoms with Crippen LogP contribution in [0.15, 0.2) is 0 Å². The minimum Gasteiger partial charge on any atom is -0.480 e. The van der Waals surface area contributed by atoms with Gasteiger partial charge in [-0.25, -0.2) is 4.79 Å². The molecule has 1 aliphatic rings. The quantitative estimate of drug-likeness (QED) is 0.173. The van der Waals surface area contributed by atoms with Crippen LogP contribution >= 0.6 is 0 Å². The number of hydrogen-bond donors (Lipinski definition) is 7. The summed E-state index contributed by atoms with van der Waals surface area (Å²) in [5.41, 5.74) is 5.15. The van der Waals surface area contributed by atoms with Crippen LogP contribution < -0.4 is 27.0 Å². The third kappa shape index (κ3) is 8.50. The molecule has 31 heavy (non-hydrogen) atoms. The minimum atomic E-state index is -1.47. The molecule has 5 atom stereocenters. The molecule has 0 aromatic heterocycles. The Balaban J connectivity index is 2.90. The molecule has 0 aliphatic carbocycles. The van der Waals surface area contributed by atoms with E-state index >= 15 is 0 Å². The standard InChI is InChI=1S/C19H33N5O7/c1-9(2)14(19(30)31)23-18(29)15(10(3)25)24-17(28)12(6-7-13(20)26)22-16(27)11-5-4-8-21-11/h9-12,14-15,21,25H,4-8H2,1-3H3,(H2,20,26)(H,22,27)(H,23,29)(H,24,28)(H,30,31). The highest BCUT2D eigenvalue weighted by Crippen LogP contribution is 2.08. The summed E-state index contributed by atoms with van der Waals surface area (Å²) in [6.07, 6.45) is -0.232. The largest absolute Gasteiger partial charge is 0.480 e. The molecule has 1 aliphatic heterocycles. The number of carboxylic acids is 1. The third-order valence-electron chi connectivity index (χ3n) is 4.98. The van der Waals surface area contributed by atoms with Crippen LogP contribution in [0.4, 0.5) is 0 Å². The fourth-order valence-corrected chi connectivity index (χ4v) is 3.15. The van der Waals surface area contributed by atoms with Crippen LogP contribution in [0.25, 0.3) is 0 Å². The van der Waals surface area contributed by atoms with E-state index in [0.29, 0.717) is 13.0 Å². The monoisotopic (exact) mass is 443 g/mol. The fraction of sp³-hybridized carbons (Fsp3) is 0.737. The summed E-state index contributed by atoms with van der Waals surface area (Å²) in [6.45, 7) is 5.12. The summed E-state index contributed by atoms with van der Waals surface area (Å²) in [7, 11) is 0. The lowest BCUT2D eigenvalue weighted by molar-refractivity contribution is -0.144. The number of nitrogens with two attached hydrogens (primary N) is 1. The Morgan fingerprint density at radius 2 is 1.65 bits per heavy atom. The van der Waals surface area contributed by atoms with Gasteiger partial charge in [0.1, 0.15) is 18.1 Å². The van der Waals surface area contributed by atoms with E-state index in [0.717, 1.165) is 6.42 Å². The van der Waals surface area contributed by atoms with E-state index in [9.17, 15) is 34.2 Å². The molecular weight excluding hydrogens is 410 g/mol. The first kappa shape index (κ1) is 26.3. The van der Waals surface area contributed by atoms with Gasteiger partial charge < -0.3 is 37.2 Å². The lowest BCUT2D eigenvalue weighted by atomic mass is 10.0. The molecular formula is C19H33N5O7. The number of hydrogen-bond acceptors (Lipinski definition) is 7. The summed E-state index contributed by atoms with van der Waals surface area (Å²) in [5.74, 6) is -4.47. The minimum absolute atomic E-state index is 0.0997. The second-order valence-corrected chi connectivity index (χ2v) is 8.01. The van der Waals surface area contributed by atoms with Crippen LogP contribution in [0.5, 0.6) is 0 Å². The molecule has 176 valence electrons. The van der Waals surface area contributed by atoms with Crippen molar-refractivity contribution >= 4 is 29.6 Å². The van der Waals surface area contributed by atoms with Crippen molar-refractivity contribution in [1.82, 2.24) is 21.3 Å². The number of carbonyl (C=O) groups is 5. The van der Waals surface area contributed by atoms with Crippen molar-refractivity contribution in [3.8, 4) is 0 Å². The number of carboxylic acid groups (broad SMARTS) is 1. The second-order valence-electron chi connectivity index (χ2n) is 8.01. The summed E-state index contributed by atoms with van der Waals surface area (Å²) in [6, 6.07) is -4.32. The van der Waals surface area contributed by atoms with E-state index in [1.54, 1.807) is 13.8 Å². The molecule has 12 nitrogen and oxygen atoms in total. The van der Waals surface area contributed by atoms with E-state index in [2.05, 4.69) is 21.3 Å². The van der Waals surface area contributed by atoms with Crippen LogP contribution in [0.1, 0.15) is 46.5 Å². The number of nitrogens with one attached hydrogen (secondary N) is 4. The molecule has 0 saturated carbocycles. The van der Waals surface area contributed by atoms with Gasteiger partial charge in [-0.1, -0.05) is 13.8 Å². The van der Waals surface area contributed by atoms with E-state index in [1.165, 1.54) is 6.92 Å². The van der Waals surface area contributed by atoms with Crippen LogP contribution in [-0.2, 0) is 24.0 Å². The lowest BCUT2D eigenvalue weighted by Crippen LogP contribution is -2.60. The Morgan fingerprint density at radius 3 is 2.10 bits per heavy atom. The van der Waals surface area contributed by atoms with Gasteiger partial charge in [-0.15, -0.1) is 0 Å². The maximum Gasteiger partial charge on any atom is 0.326 e. The van der Waals surface area contributed by atoms with Gasteiger partial charge in [0, 0.05) is 6.42 Å². The number of aliphatic hydroxyl groups is 1. The maximum atomic E-state index is 12.8. The van der Waals surface area contributed by atoms with Gasteiger partial charge in [0.25, 0.3) is 0 Å². The van der Waals surface area contributed by atoms with Gasteiger partial charge in [0.05, 0.1) is 12.1 Å². The summed E-state index contributed by atoms with van der Waals surface area (Å²) in [4.78, 5) is 60.2. The number of aliphatic hydroxyl groups excluding tert-OH is 1. The van der Waals surface area contributed by atoms with Gasteiger partial charge in [0.15, 0.2) is 0 Å². The molecule has 12 heteroatoms. The van der Waals surface area contributed by atoms with Crippen molar-refractivity contribution in [3.05, 3.63) is 0 Å². The smallest absolute Gasteiger partial charge is 0.326 e. The van der Waals surface area contributed by atoms with E-state index in [4.69, 9.17) is 5.73 Å². The van der Waals surface area contributed by atoms with Gasteiger partial charge in [0.2, 0.25) is 23.6 Å². The van der Waals surface area contributed by atoms with Crippen LogP contribution in [-0.4, -0.2) is 76.6 Å². The molecule has 1 heterocycles. The fourth-order valence-electron chi connectivity index (χ4n) is 3.15. The molecule has 0 bridgehead atoms. The van der Waals surface area contributed by atoms with E-state index in [1.807, 2.05) is 0 Å². The normalized spacial score (nSPS) is 19.7. The summed E-state index contributed by atoms with van der Waals surface area (Å²) < 4.78 is 0. The zero-order chi connectivity index (χ0) is 23.7. The average Bonchev–Trinajstić information content (AvgIpc) is 3.20. The molecule has 0 aromatic rings. The van der Waals surface area contributed by atoms with Crippen LogP contribution in [0.2, 0.25) is 0 Å². The van der Waals surface area contributed by atoms with E-state index in [-0.39, 0.29) is 12.8 Å². The molecule has 0 spiro atoms. The third-order valence-corrected chi connectivity index (χ3v) is 4.98. The summed E-state index contributed by atoms with van der Waals surface area (Å²) in [5, 5.41) is 29.4. The van der Waals surface area contributed by atoms with Gasteiger partial charge in [-0.3, -0.25) is 19.2 Å². The number of primary amides is 1. The molecule has 5 unspecified atom stereocenters. The Kier molecular flexibility index (Phi) is 10.4. The predicted octanol–water partition coefficient (Wildman–Crippen LogP) is -2.42. The highest BCUT2D eigenvalue weighted by Gasteiger charge is 2.34. The molecule has 1 fully saturated rings. The van der Waals surface area contributed by atoms with Gasteiger partial charge in [-0.2, -0.15) is 0 Å². The lowest BCUT2D eigenvalue weighted by Gasteiger charge is -2.27. The van der Waals surface area contributed by atoms with Crippen molar-refractivity contribution < 1.29 is 34.2 Å². The van der Waals surface area contributed by atoms with Crippen LogP contribution in [0.3, 0.4) is 0 Å². The maximum absolute atomic E-state index is 12.8. The zero-order valence-corrected chi connectivity index (χ0v) is 18.0. The topological polar surface area (TPSA) is 200 Å². The SMILES string of the molecule is CC(C)C(NC(=O)C(NC(=O)C(CCC(N)=O)NC(=O)C1CCCN1)C(C)O)C(=O)O. The molecule has 4 amide bonds. The number of carbonyl (C=O) groups excluding carboxylic acids is 4. The number of amides is 4. The van der Waals surface area contributed by atoms with Crippen LogP contribution in [0, 0.1) is 5.92 Å². The van der Waals surface area contributed by atoms with Gasteiger partial charge in [-0.05, 0) is 38.6 Å². The van der Waals surface area contributed by atoms with Crippen molar-refractivity contribution in [2.75, 3.05) is 6.54 Å². The number of aliphatic carboxylic acids is 1. The Labute approximate surface area is 180 Å². The Hall–Kier alpha value is -2.73. The highest BCUT2D eigenvalue weighted by atomic mass is 16.4. The molecule has 0 aromatic carbocycles. The number of rotatable bonds is 12. The second kappa shape index (κ2) is 12.2. The van der Waals surface area contributed by atoms with E-state index < -0.39 is 65.8 Å². The predicted molar refractivity (Wildman–Crippen MR) is 109 cm³/mol. The van der Waals surface area contributed by atoms with Gasteiger partial charge >= 0.3 is 5.97 Å². The van der Waals surface area contributed by atoms with Crippen molar-refractivity contribution in [1.29, 1.82) is 0 Å². The first-order chi connectivity index (χ1) is 14.4. The summed E-state index contributed by atoms with van der Waals surface area (Å²) >= 11 is 0. The van der Waals surface area contributed by atoms with Crippen molar-refractivity contribution in [2.24, 2.45) is 11.7 Å². The highest BCUT2D eigenvalue weighted by molar-refractivity contribution is 5.94. The first-order valence-electron chi connectivity index (χ1n) is 10.3. The molecule has 0 radical (unpaired) electrons. The Morgan fingerprint density at radius 1 is 1.03 bits per heavy atom.